The predicted molar refractivity (Wildman–Crippen MR) is 94.5 cm³/mol. The van der Waals surface area contributed by atoms with E-state index in [4.69, 9.17) is 11.5 Å². The summed E-state index contributed by atoms with van der Waals surface area (Å²) in [7, 11) is 0. The van der Waals surface area contributed by atoms with Crippen LogP contribution in [0.4, 0.5) is 10.8 Å². The first-order chi connectivity index (χ1) is 9.63. The van der Waals surface area contributed by atoms with Gasteiger partial charge in [0.1, 0.15) is 0 Å². The third kappa shape index (κ3) is 2.64. The predicted octanol–water partition coefficient (Wildman–Crippen LogP) is 4.25. The molecule has 0 aliphatic rings. The minimum Gasteiger partial charge on any atom is -0.399 e. The van der Waals surface area contributed by atoms with E-state index in [-0.39, 0.29) is 0 Å². The van der Waals surface area contributed by atoms with Crippen LogP contribution in [-0.2, 0) is 0 Å². The highest BCUT2D eigenvalue weighted by Crippen LogP contribution is 2.38. The monoisotopic (exact) mass is 393 g/mol. The van der Waals surface area contributed by atoms with Gasteiger partial charge in [-0.25, -0.2) is 4.98 Å². The highest BCUT2D eigenvalue weighted by molar-refractivity contribution is 14.1. The fraction of sp³-hybridized carbons (Fsp3) is 0. The number of nitrogens with zero attached hydrogens (tertiary/aromatic N) is 1. The molecule has 1 heterocycles. The molecule has 0 aliphatic carbocycles. The number of hydrogen-bond acceptors (Lipinski definition) is 4. The molecule has 4 N–H and O–H groups in total. The largest absolute Gasteiger partial charge is 0.399 e. The minimum atomic E-state index is 0.575. The van der Waals surface area contributed by atoms with Crippen LogP contribution in [0.25, 0.3) is 21.7 Å². The lowest BCUT2D eigenvalue weighted by Gasteiger charge is -2.04. The second kappa shape index (κ2) is 5.41. The van der Waals surface area contributed by atoms with Crippen molar-refractivity contribution in [1.82, 2.24) is 4.98 Å². The number of hydrogen-bond donors (Lipinski definition) is 2. The second-order valence-corrected chi connectivity index (χ2v) is 6.64. The SMILES string of the molecule is Nc1ccc(-c2sc(N)nc2-c2cccc(I)c2)cc1. The van der Waals surface area contributed by atoms with Crippen LogP contribution < -0.4 is 11.5 Å². The van der Waals surface area contributed by atoms with Crippen molar-refractivity contribution in [2.45, 2.75) is 0 Å². The quantitative estimate of drug-likeness (QED) is 0.506. The van der Waals surface area contributed by atoms with Crippen LogP contribution in [-0.4, -0.2) is 4.98 Å². The molecule has 100 valence electrons. The van der Waals surface area contributed by atoms with Crippen molar-refractivity contribution in [2.24, 2.45) is 0 Å². The molecule has 5 heteroatoms. The van der Waals surface area contributed by atoms with Crippen LogP contribution in [0.2, 0.25) is 0 Å². The van der Waals surface area contributed by atoms with Gasteiger partial charge in [-0.05, 0) is 52.4 Å². The van der Waals surface area contributed by atoms with Gasteiger partial charge in [-0.15, -0.1) is 0 Å². The van der Waals surface area contributed by atoms with Crippen LogP contribution in [0.3, 0.4) is 0 Å². The Kier molecular flexibility index (Phi) is 3.62. The van der Waals surface area contributed by atoms with Crippen molar-refractivity contribution in [3.8, 4) is 21.7 Å². The first kappa shape index (κ1) is 13.4. The molecule has 0 aliphatic heterocycles. The first-order valence-electron chi connectivity index (χ1n) is 6.01. The lowest BCUT2D eigenvalue weighted by atomic mass is 10.1. The van der Waals surface area contributed by atoms with E-state index in [1.165, 1.54) is 14.9 Å². The van der Waals surface area contributed by atoms with Gasteiger partial charge in [0, 0.05) is 14.8 Å². The van der Waals surface area contributed by atoms with E-state index < -0.39 is 0 Å². The van der Waals surface area contributed by atoms with Gasteiger partial charge in [0.2, 0.25) is 0 Å². The van der Waals surface area contributed by atoms with Crippen molar-refractivity contribution in [1.29, 1.82) is 0 Å². The van der Waals surface area contributed by atoms with Gasteiger partial charge in [-0.2, -0.15) is 0 Å². The van der Waals surface area contributed by atoms with Gasteiger partial charge < -0.3 is 11.5 Å². The Balaban J connectivity index is 2.15. The summed E-state index contributed by atoms with van der Waals surface area (Å²) in [6, 6.07) is 16.0. The third-order valence-electron chi connectivity index (χ3n) is 2.91. The topological polar surface area (TPSA) is 64.9 Å². The molecular formula is C15H12IN3S. The molecular weight excluding hydrogens is 381 g/mol. The van der Waals surface area contributed by atoms with Gasteiger partial charge in [0.25, 0.3) is 0 Å². The Morgan fingerprint density at radius 2 is 1.70 bits per heavy atom. The van der Waals surface area contributed by atoms with Gasteiger partial charge in [-0.1, -0.05) is 35.6 Å². The summed E-state index contributed by atoms with van der Waals surface area (Å²) in [5, 5.41) is 0.575. The number of halogens is 1. The molecule has 2 aromatic carbocycles. The normalized spacial score (nSPS) is 10.7. The van der Waals surface area contributed by atoms with E-state index >= 15 is 0 Å². The zero-order valence-corrected chi connectivity index (χ0v) is 13.5. The van der Waals surface area contributed by atoms with Crippen LogP contribution in [0, 0.1) is 3.57 Å². The third-order valence-corrected chi connectivity index (χ3v) is 4.52. The number of nitrogen functional groups attached to an aromatic ring is 2. The van der Waals surface area contributed by atoms with Crippen molar-refractivity contribution >= 4 is 44.7 Å². The van der Waals surface area contributed by atoms with Gasteiger partial charge in [0.05, 0.1) is 10.6 Å². The Morgan fingerprint density at radius 1 is 0.950 bits per heavy atom. The maximum Gasteiger partial charge on any atom is 0.181 e. The number of benzene rings is 2. The molecule has 3 nitrogen and oxygen atoms in total. The highest BCUT2D eigenvalue weighted by Gasteiger charge is 2.13. The number of rotatable bonds is 2. The summed E-state index contributed by atoms with van der Waals surface area (Å²) >= 11 is 3.80. The fourth-order valence-electron chi connectivity index (χ4n) is 2.00. The average molecular weight is 393 g/mol. The van der Waals surface area contributed by atoms with Crippen LogP contribution in [0.5, 0.6) is 0 Å². The molecule has 3 aromatic rings. The maximum atomic E-state index is 5.90. The van der Waals surface area contributed by atoms with E-state index in [1.807, 2.05) is 30.3 Å². The lowest BCUT2D eigenvalue weighted by molar-refractivity contribution is 1.41. The highest BCUT2D eigenvalue weighted by atomic mass is 127. The van der Waals surface area contributed by atoms with E-state index in [0.717, 1.165) is 27.4 Å². The smallest absolute Gasteiger partial charge is 0.181 e. The lowest BCUT2D eigenvalue weighted by Crippen LogP contribution is -1.86. The minimum absolute atomic E-state index is 0.575. The molecule has 0 spiro atoms. The standard InChI is InChI=1S/C15H12IN3S/c16-11-3-1-2-10(8-11)13-14(20-15(18)19-13)9-4-6-12(17)7-5-9/h1-8H,17H2,(H2,18,19). The Morgan fingerprint density at radius 3 is 2.40 bits per heavy atom. The summed E-state index contributed by atoms with van der Waals surface area (Å²) in [4.78, 5) is 5.56. The van der Waals surface area contributed by atoms with Crippen molar-refractivity contribution in [3.05, 3.63) is 52.1 Å². The van der Waals surface area contributed by atoms with E-state index in [9.17, 15) is 0 Å². The molecule has 0 radical (unpaired) electrons. The molecule has 1 aromatic heterocycles. The Labute approximate surface area is 134 Å². The number of nitrogens with two attached hydrogens (primary N) is 2. The van der Waals surface area contributed by atoms with E-state index in [0.29, 0.717) is 5.13 Å². The van der Waals surface area contributed by atoms with Crippen LogP contribution in [0.1, 0.15) is 0 Å². The van der Waals surface area contributed by atoms with Crippen LogP contribution >= 0.6 is 33.9 Å². The molecule has 0 atom stereocenters. The second-order valence-electron chi connectivity index (χ2n) is 4.36. The Bertz CT molecular complexity index is 750. The van der Waals surface area contributed by atoms with E-state index in [1.54, 1.807) is 0 Å². The summed E-state index contributed by atoms with van der Waals surface area (Å²) < 4.78 is 1.18. The maximum absolute atomic E-state index is 5.90. The molecule has 0 fully saturated rings. The van der Waals surface area contributed by atoms with Gasteiger partial charge >= 0.3 is 0 Å². The molecule has 0 unspecified atom stereocenters. The molecule has 3 rings (SSSR count). The Hall–Kier alpha value is -1.60. The average Bonchev–Trinajstić information content (AvgIpc) is 2.82. The number of aromatic nitrogens is 1. The van der Waals surface area contributed by atoms with E-state index in [2.05, 4.69) is 45.8 Å². The molecule has 0 saturated carbocycles. The van der Waals surface area contributed by atoms with Crippen LogP contribution in [0.15, 0.2) is 48.5 Å². The fourth-order valence-corrected chi connectivity index (χ4v) is 3.40. The molecule has 0 bridgehead atoms. The van der Waals surface area contributed by atoms with Crippen molar-refractivity contribution in [3.63, 3.8) is 0 Å². The van der Waals surface area contributed by atoms with Gasteiger partial charge in [0.15, 0.2) is 5.13 Å². The summed E-state index contributed by atoms with van der Waals surface area (Å²) in [5.41, 5.74) is 15.5. The summed E-state index contributed by atoms with van der Waals surface area (Å²) in [6.45, 7) is 0. The molecule has 0 saturated heterocycles. The zero-order chi connectivity index (χ0) is 14.1. The number of anilines is 2. The number of thiazole rings is 1. The summed E-state index contributed by atoms with van der Waals surface area (Å²) in [5.74, 6) is 0. The first-order valence-corrected chi connectivity index (χ1v) is 7.91. The molecule has 0 amide bonds. The van der Waals surface area contributed by atoms with Gasteiger partial charge in [-0.3, -0.25) is 0 Å². The van der Waals surface area contributed by atoms with Crippen molar-refractivity contribution in [2.75, 3.05) is 11.5 Å². The molecule has 20 heavy (non-hydrogen) atoms. The zero-order valence-electron chi connectivity index (χ0n) is 10.5. The van der Waals surface area contributed by atoms with Crippen molar-refractivity contribution < 1.29 is 0 Å². The summed E-state index contributed by atoms with van der Waals surface area (Å²) in [6.07, 6.45) is 0.